The largest absolute Gasteiger partial charge is 0.490 e. The molecule has 0 spiro atoms. The van der Waals surface area contributed by atoms with Crippen molar-refractivity contribution in [3.8, 4) is 11.5 Å². The van der Waals surface area contributed by atoms with Crippen molar-refractivity contribution in [2.45, 2.75) is 46.7 Å². The lowest BCUT2D eigenvalue weighted by Gasteiger charge is -2.12. The molecule has 0 saturated heterocycles. The van der Waals surface area contributed by atoms with Gasteiger partial charge in [0.25, 0.3) is 0 Å². The highest BCUT2D eigenvalue weighted by atomic mass is 16.5. The Kier molecular flexibility index (Phi) is 7.76. The van der Waals surface area contributed by atoms with Gasteiger partial charge in [0, 0.05) is 13.1 Å². The van der Waals surface area contributed by atoms with Gasteiger partial charge >= 0.3 is 5.69 Å². The topological polar surface area (TPSA) is 74.5 Å². The van der Waals surface area contributed by atoms with Crippen LogP contribution in [-0.2, 0) is 24.3 Å². The van der Waals surface area contributed by atoms with Gasteiger partial charge in [-0.05, 0) is 56.5 Å². The highest BCUT2D eigenvalue weighted by Gasteiger charge is 2.14. The number of amides is 1. The predicted octanol–water partition coefficient (Wildman–Crippen LogP) is 3.37. The van der Waals surface area contributed by atoms with Gasteiger partial charge in [-0.1, -0.05) is 25.1 Å². The Balaban J connectivity index is 1.64. The lowest BCUT2D eigenvalue weighted by Crippen LogP contribution is -2.34. The number of aryl methyl sites for hydroxylation is 1. The predicted molar refractivity (Wildman–Crippen MR) is 122 cm³/mol. The van der Waals surface area contributed by atoms with Crippen LogP contribution in [0.4, 0.5) is 0 Å². The first-order valence-corrected chi connectivity index (χ1v) is 10.9. The summed E-state index contributed by atoms with van der Waals surface area (Å²) in [7, 11) is 0. The normalized spacial score (nSPS) is 10.9. The van der Waals surface area contributed by atoms with Crippen LogP contribution < -0.4 is 20.5 Å². The van der Waals surface area contributed by atoms with E-state index in [4.69, 9.17) is 9.47 Å². The van der Waals surface area contributed by atoms with Crippen molar-refractivity contribution < 1.29 is 14.3 Å². The van der Waals surface area contributed by atoms with Crippen molar-refractivity contribution in [2.75, 3.05) is 19.8 Å². The number of hydrogen-bond donors (Lipinski definition) is 1. The SMILES string of the molecule is CCCn1c(=O)n(CC(=O)NCCc2ccc(OCC)c(OCC)c2)c2ccccc21. The molecule has 3 aromatic rings. The Morgan fingerprint density at radius 1 is 0.935 bits per heavy atom. The van der Waals surface area contributed by atoms with E-state index in [2.05, 4.69) is 5.32 Å². The molecule has 0 aliphatic rings. The number of imidazole rings is 1. The zero-order valence-corrected chi connectivity index (χ0v) is 18.5. The summed E-state index contributed by atoms with van der Waals surface area (Å²) in [6, 6.07) is 13.4. The number of hydrogen-bond acceptors (Lipinski definition) is 4. The van der Waals surface area contributed by atoms with E-state index in [0.29, 0.717) is 38.5 Å². The Morgan fingerprint density at radius 3 is 2.29 bits per heavy atom. The highest BCUT2D eigenvalue weighted by molar-refractivity contribution is 5.80. The average Bonchev–Trinajstić information content (AvgIpc) is 3.02. The standard InChI is InChI=1S/C24H31N3O4/c1-4-15-26-19-9-7-8-10-20(19)27(24(26)29)17-23(28)25-14-13-18-11-12-21(30-5-2)22(16-18)31-6-3/h7-12,16H,4-6,13-15,17H2,1-3H3,(H,25,28). The third-order valence-corrected chi connectivity index (χ3v) is 5.02. The number of fused-ring (bicyclic) bond motifs is 1. The molecule has 7 nitrogen and oxygen atoms in total. The van der Waals surface area contributed by atoms with Gasteiger partial charge in [-0.25, -0.2) is 4.79 Å². The maximum atomic E-state index is 12.8. The molecule has 1 amide bonds. The molecule has 0 saturated carbocycles. The first kappa shape index (κ1) is 22.5. The van der Waals surface area contributed by atoms with Crippen LogP contribution in [0.1, 0.15) is 32.8 Å². The third kappa shape index (κ3) is 5.29. The minimum atomic E-state index is -0.183. The monoisotopic (exact) mass is 425 g/mol. The lowest BCUT2D eigenvalue weighted by atomic mass is 10.1. The van der Waals surface area contributed by atoms with Gasteiger partial charge in [0.1, 0.15) is 6.54 Å². The first-order chi connectivity index (χ1) is 15.1. The second kappa shape index (κ2) is 10.7. The molecule has 0 aliphatic heterocycles. The van der Waals surface area contributed by atoms with Gasteiger partial charge < -0.3 is 14.8 Å². The second-order valence-corrected chi connectivity index (χ2v) is 7.26. The summed E-state index contributed by atoms with van der Waals surface area (Å²) in [6.45, 7) is 8.14. The van der Waals surface area contributed by atoms with Crippen LogP contribution in [-0.4, -0.2) is 34.8 Å². The number of nitrogens with zero attached hydrogens (tertiary/aromatic N) is 2. The molecule has 166 valence electrons. The van der Waals surface area contributed by atoms with Crippen LogP contribution in [0, 0.1) is 0 Å². The minimum Gasteiger partial charge on any atom is -0.490 e. The average molecular weight is 426 g/mol. The van der Waals surface area contributed by atoms with E-state index in [1.807, 2.05) is 63.2 Å². The van der Waals surface area contributed by atoms with Crippen LogP contribution in [0.15, 0.2) is 47.3 Å². The van der Waals surface area contributed by atoms with Crippen LogP contribution in [0.3, 0.4) is 0 Å². The number of benzene rings is 2. The Bertz CT molecular complexity index is 1080. The number of aromatic nitrogens is 2. The van der Waals surface area contributed by atoms with Gasteiger partial charge in [-0.2, -0.15) is 0 Å². The van der Waals surface area contributed by atoms with E-state index in [0.717, 1.165) is 28.8 Å². The molecule has 0 aliphatic carbocycles. The Morgan fingerprint density at radius 2 is 1.61 bits per heavy atom. The number of ether oxygens (including phenoxy) is 2. The molecule has 0 fully saturated rings. The van der Waals surface area contributed by atoms with E-state index in [1.54, 1.807) is 9.13 Å². The number of carbonyl (C=O) groups is 1. The maximum absolute atomic E-state index is 12.8. The van der Waals surface area contributed by atoms with E-state index < -0.39 is 0 Å². The second-order valence-electron chi connectivity index (χ2n) is 7.26. The molecule has 1 aromatic heterocycles. The summed E-state index contributed by atoms with van der Waals surface area (Å²) in [5.41, 5.74) is 2.54. The minimum absolute atomic E-state index is 0.00351. The van der Waals surface area contributed by atoms with E-state index >= 15 is 0 Å². The highest BCUT2D eigenvalue weighted by Crippen LogP contribution is 2.28. The van der Waals surface area contributed by atoms with Crippen molar-refractivity contribution in [3.05, 3.63) is 58.5 Å². The summed E-state index contributed by atoms with van der Waals surface area (Å²) in [5, 5.41) is 2.92. The molecule has 0 bridgehead atoms. The third-order valence-electron chi connectivity index (χ3n) is 5.02. The fourth-order valence-electron chi connectivity index (χ4n) is 3.66. The van der Waals surface area contributed by atoms with Crippen LogP contribution >= 0.6 is 0 Å². The molecule has 1 heterocycles. The summed E-state index contributed by atoms with van der Waals surface area (Å²) < 4.78 is 14.5. The Hall–Kier alpha value is -3.22. The van der Waals surface area contributed by atoms with Gasteiger partial charge in [-0.15, -0.1) is 0 Å². The molecule has 3 rings (SSSR count). The molecule has 7 heteroatoms. The van der Waals surface area contributed by atoms with Crippen LogP contribution in [0.2, 0.25) is 0 Å². The number of para-hydroxylation sites is 2. The quantitative estimate of drug-likeness (QED) is 0.511. The van der Waals surface area contributed by atoms with Crippen molar-refractivity contribution in [2.24, 2.45) is 0 Å². The van der Waals surface area contributed by atoms with Gasteiger partial charge in [-0.3, -0.25) is 13.9 Å². The molecular formula is C24H31N3O4. The molecule has 0 atom stereocenters. The summed E-state index contributed by atoms with van der Waals surface area (Å²) >= 11 is 0. The maximum Gasteiger partial charge on any atom is 0.329 e. The van der Waals surface area contributed by atoms with Crippen molar-refractivity contribution >= 4 is 16.9 Å². The van der Waals surface area contributed by atoms with Gasteiger partial charge in [0.2, 0.25) is 5.91 Å². The smallest absolute Gasteiger partial charge is 0.329 e. The van der Waals surface area contributed by atoms with Crippen LogP contribution in [0.25, 0.3) is 11.0 Å². The van der Waals surface area contributed by atoms with Crippen molar-refractivity contribution in [1.29, 1.82) is 0 Å². The number of rotatable bonds is 11. The van der Waals surface area contributed by atoms with Crippen molar-refractivity contribution in [3.63, 3.8) is 0 Å². The summed E-state index contributed by atoms with van der Waals surface area (Å²) in [6.07, 6.45) is 1.51. The molecule has 2 aromatic carbocycles. The van der Waals surface area contributed by atoms with Gasteiger partial charge in [0.15, 0.2) is 11.5 Å². The number of nitrogens with one attached hydrogen (secondary N) is 1. The first-order valence-electron chi connectivity index (χ1n) is 10.9. The molecule has 31 heavy (non-hydrogen) atoms. The lowest BCUT2D eigenvalue weighted by molar-refractivity contribution is -0.121. The molecule has 0 unspecified atom stereocenters. The molecular weight excluding hydrogens is 394 g/mol. The van der Waals surface area contributed by atoms with E-state index in [1.165, 1.54) is 0 Å². The molecule has 1 N–H and O–H groups in total. The van der Waals surface area contributed by atoms with E-state index in [-0.39, 0.29) is 18.1 Å². The molecule has 0 radical (unpaired) electrons. The zero-order valence-electron chi connectivity index (χ0n) is 18.5. The summed E-state index contributed by atoms with van der Waals surface area (Å²) in [4.78, 5) is 25.4. The summed E-state index contributed by atoms with van der Waals surface area (Å²) in [5.74, 6) is 1.25. The van der Waals surface area contributed by atoms with Crippen molar-refractivity contribution in [1.82, 2.24) is 14.5 Å². The fourth-order valence-corrected chi connectivity index (χ4v) is 3.66. The fraction of sp³-hybridized carbons (Fsp3) is 0.417. The Labute approximate surface area is 182 Å². The van der Waals surface area contributed by atoms with Crippen LogP contribution in [0.5, 0.6) is 11.5 Å². The number of carbonyl (C=O) groups excluding carboxylic acids is 1. The van der Waals surface area contributed by atoms with Gasteiger partial charge in [0.05, 0.1) is 24.2 Å². The zero-order chi connectivity index (χ0) is 22.2. The van der Waals surface area contributed by atoms with E-state index in [9.17, 15) is 9.59 Å².